The van der Waals surface area contributed by atoms with Crippen LogP contribution in [0.25, 0.3) is 0 Å². The number of amides is 1. The van der Waals surface area contributed by atoms with E-state index < -0.39 is 16.6 Å². The van der Waals surface area contributed by atoms with Crippen LogP contribution in [-0.4, -0.2) is 34.4 Å². The summed E-state index contributed by atoms with van der Waals surface area (Å²) in [5.41, 5.74) is 0. The Labute approximate surface area is 96.7 Å². The Balaban J connectivity index is 2.74. The van der Waals surface area contributed by atoms with Crippen LogP contribution in [0.1, 0.15) is 6.92 Å². The van der Waals surface area contributed by atoms with Crippen molar-refractivity contribution in [3.05, 3.63) is 30.1 Å². The van der Waals surface area contributed by atoms with Crippen LogP contribution in [-0.2, 0) is 15.6 Å². The highest BCUT2D eigenvalue weighted by molar-refractivity contribution is 7.85. The van der Waals surface area contributed by atoms with E-state index in [1.807, 2.05) is 6.92 Å². The van der Waals surface area contributed by atoms with Gasteiger partial charge in [0.05, 0.1) is 15.7 Å². The predicted octanol–water partition coefficient (Wildman–Crippen LogP) is 1.41. The van der Waals surface area contributed by atoms with Crippen LogP contribution < -0.4 is 0 Å². The number of benzene rings is 1. The van der Waals surface area contributed by atoms with Crippen LogP contribution in [0.4, 0.5) is 4.39 Å². The Morgan fingerprint density at radius 1 is 1.44 bits per heavy atom. The molecular weight excluding hydrogens is 229 g/mol. The van der Waals surface area contributed by atoms with Gasteiger partial charge in [0.2, 0.25) is 5.91 Å². The molecule has 0 saturated heterocycles. The minimum atomic E-state index is -1.61. The van der Waals surface area contributed by atoms with Crippen molar-refractivity contribution >= 4 is 16.7 Å². The maximum absolute atomic E-state index is 13.3. The van der Waals surface area contributed by atoms with Gasteiger partial charge in [-0.15, -0.1) is 0 Å². The molecule has 0 radical (unpaired) electrons. The van der Waals surface area contributed by atoms with Crippen molar-refractivity contribution in [3.8, 4) is 0 Å². The molecule has 3 nitrogen and oxygen atoms in total. The number of nitrogens with zero attached hydrogens (tertiary/aromatic N) is 1. The Kier molecular flexibility index (Phi) is 4.61. The highest BCUT2D eigenvalue weighted by Crippen LogP contribution is 2.11. The molecule has 1 aromatic carbocycles. The van der Waals surface area contributed by atoms with Crippen molar-refractivity contribution in [1.29, 1.82) is 0 Å². The van der Waals surface area contributed by atoms with Gasteiger partial charge in [-0.25, -0.2) is 4.39 Å². The molecule has 0 aliphatic carbocycles. The van der Waals surface area contributed by atoms with Crippen LogP contribution in [0.2, 0.25) is 0 Å². The average molecular weight is 243 g/mol. The van der Waals surface area contributed by atoms with Crippen LogP contribution >= 0.6 is 0 Å². The molecule has 1 aromatic rings. The SMILES string of the molecule is CCN(C)C(=O)CS(=O)c1ccccc1F. The van der Waals surface area contributed by atoms with E-state index in [1.165, 1.54) is 23.1 Å². The lowest BCUT2D eigenvalue weighted by molar-refractivity contribution is -0.126. The number of hydrogen-bond donors (Lipinski definition) is 0. The second-order valence-electron chi connectivity index (χ2n) is 3.33. The molecule has 0 spiro atoms. The van der Waals surface area contributed by atoms with E-state index in [4.69, 9.17) is 0 Å². The summed E-state index contributed by atoms with van der Waals surface area (Å²) in [7, 11) is 0.0124. The van der Waals surface area contributed by atoms with Gasteiger partial charge in [-0.3, -0.25) is 9.00 Å². The van der Waals surface area contributed by atoms with Gasteiger partial charge < -0.3 is 4.90 Å². The molecule has 16 heavy (non-hydrogen) atoms. The predicted molar refractivity (Wildman–Crippen MR) is 61.0 cm³/mol. The second-order valence-corrected chi connectivity index (χ2v) is 4.75. The standard InChI is InChI=1S/C11H14FNO2S/c1-3-13(2)11(14)8-16(15)10-7-5-4-6-9(10)12/h4-7H,3,8H2,1-2H3. The third-order valence-electron chi connectivity index (χ3n) is 2.24. The summed E-state index contributed by atoms with van der Waals surface area (Å²) in [6.45, 7) is 2.37. The molecule has 1 amide bonds. The van der Waals surface area contributed by atoms with Crippen molar-refractivity contribution in [2.24, 2.45) is 0 Å². The first-order chi connectivity index (χ1) is 7.56. The minimum absolute atomic E-state index is 0.0837. The quantitative estimate of drug-likeness (QED) is 0.802. The minimum Gasteiger partial charge on any atom is -0.345 e. The molecule has 0 saturated carbocycles. The molecule has 0 aliphatic heterocycles. The van der Waals surface area contributed by atoms with Gasteiger partial charge >= 0.3 is 0 Å². The molecule has 0 fully saturated rings. The van der Waals surface area contributed by atoms with E-state index in [2.05, 4.69) is 0 Å². The highest BCUT2D eigenvalue weighted by atomic mass is 32.2. The molecular formula is C11H14FNO2S. The first-order valence-corrected chi connectivity index (χ1v) is 6.25. The fourth-order valence-corrected chi connectivity index (χ4v) is 2.22. The van der Waals surface area contributed by atoms with Crippen molar-refractivity contribution < 1.29 is 13.4 Å². The van der Waals surface area contributed by atoms with Gasteiger partial charge in [-0.05, 0) is 19.1 Å². The van der Waals surface area contributed by atoms with Crippen molar-refractivity contribution in [2.45, 2.75) is 11.8 Å². The topological polar surface area (TPSA) is 37.4 Å². The zero-order chi connectivity index (χ0) is 12.1. The number of halogens is 1. The lowest BCUT2D eigenvalue weighted by Crippen LogP contribution is -2.30. The van der Waals surface area contributed by atoms with Crippen LogP contribution in [0.5, 0.6) is 0 Å². The van der Waals surface area contributed by atoms with Crippen LogP contribution in [0, 0.1) is 5.82 Å². The number of carbonyl (C=O) groups is 1. The monoisotopic (exact) mass is 243 g/mol. The normalized spacial score (nSPS) is 12.2. The van der Waals surface area contributed by atoms with Crippen molar-refractivity contribution in [2.75, 3.05) is 19.3 Å². The van der Waals surface area contributed by atoms with Gasteiger partial charge in [0.1, 0.15) is 11.6 Å². The van der Waals surface area contributed by atoms with E-state index >= 15 is 0 Å². The summed E-state index contributed by atoms with van der Waals surface area (Å²) in [6, 6.07) is 5.80. The lowest BCUT2D eigenvalue weighted by Gasteiger charge is -2.13. The Morgan fingerprint density at radius 2 is 2.06 bits per heavy atom. The van der Waals surface area contributed by atoms with Gasteiger partial charge in [0, 0.05) is 13.6 Å². The van der Waals surface area contributed by atoms with Gasteiger partial charge in [0.25, 0.3) is 0 Å². The van der Waals surface area contributed by atoms with E-state index in [0.29, 0.717) is 6.54 Å². The van der Waals surface area contributed by atoms with Gasteiger partial charge in [-0.2, -0.15) is 0 Å². The summed E-state index contributed by atoms with van der Waals surface area (Å²) in [4.78, 5) is 13.0. The zero-order valence-corrected chi connectivity index (χ0v) is 10.1. The Morgan fingerprint density at radius 3 is 2.62 bits per heavy atom. The Bertz CT molecular complexity index is 409. The third-order valence-corrected chi connectivity index (χ3v) is 3.57. The second kappa shape index (κ2) is 5.75. The summed E-state index contributed by atoms with van der Waals surface area (Å²) in [5.74, 6) is -0.956. The first kappa shape index (κ1) is 12.8. The number of rotatable bonds is 4. The zero-order valence-electron chi connectivity index (χ0n) is 9.27. The molecule has 0 heterocycles. The van der Waals surface area contributed by atoms with Gasteiger partial charge in [0.15, 0.2) is 0 Å². The summed E-state index contributed by atoms with van der Waals surface area (Å²) < 4.78 is 25.0. The number of carbonyl (C=O) groups excluding carboxylic acids is 1. The fraction of sp³-hybridized carbons (Fsp3) is 0.364. The van der Waals surface area contributed by atoms with E-state index in [1.54, 1.807) is 13.1 Å². The molecule has 1 atom stereocenters. The maximum atomic E-state index is 13.3. The molecule has 1 unspecified atom stereocenters. The van der Waals surface area contributed by atoms with Crippen LogP contribution in [0.3, 0.4) is 0 Å². The Hall–Kier alpha value is -1.23. The maximum Gasteiger partial charge on any atom is 0.235 e. The molecule has 5 heteroatoms. The van der Waals surface area contributed by atoms with E-state index in [0.717, 1.165) is 0 Å². The largest absolute Gasteiger partial charge is 0.345 e. The molecule has 1 rings (SSSR count). The fourth-order valence-electron chi connectivity index (χ4n) is 1.11. The molecule has 0 aromatic heterocycles. The smallest absolute Gasteiger partial charge is 0.235 e. The van der Waals surface area contributed by atoms with Gasteiger partial charge in [-0.1, -0.05) is 12.1 Å². The summed E-state index contributed by atoms with van der Waals surface area (Å²) in [5, 5.41) is 0. The third kappa shape index (κ3) is 3.13. The van der Waals surface area contributed by atoms with Crippen molar-refractivity contribution in [1.82, 2.24) is 4.90 Å². The average Bonchev–Trinajstić information content (AvgIpc) is 2.28. The van der Waals surface area contributed by atoms with Crippen LogP contribution in [0.15, 0.2) is 29.2 Å². The van der Waals surface area contributed by atoms with Crippen molar-refractivity contribution in [3.63, 3.8) is 0 Å². The summed E-state index contributed by atoms with van der Waals surface area (Å²) >= 11 is 0. The summed E-state index contributed by atoms with van der Waals surface area (Å²) in [6.07, 6.45) is 0. The molecule has 0 bridgehead atoms. The van der Waals surface area contributed by atoms with E-state index in [9.17, 15) is 13.4 Å². The molecule has 0 N–H and O–H groups in total. The molecule has 0 aliphatic rings. The highest BCUT2D eigenvalue weighted by Gasteiger charge is 2.15. The van der Waals surface area contributed by atoms with E-state index in [-0.39, 0.29) is 16.6 Å². The number of hydrogen-bond acceptors (Lipinski definition) is 2. The molecule has 88 valence electrons. The first-order valence-electron chi connectivity index (χ1n) is 4.93. The lowest BCUT2D eigenvalue weighted by atomic mass is 10.3.